The Hall–Kier alpha value is -1.95. The largest absolute Gasteiger partial charge is 0.446 e. The normalized spacial score (nSPS) is 11.3. The van der Waals surface area contributed by atoms with E-state index in [9.17, 15) is 4.79 Å². The molecule has 0 aliphatic rings. The van der Waals surface area contributed by atoms with Gasteiger partial charge in [0, 0.05) is 18.4 Å². The molecular weight excluding hydrogens is 334 g/mol. The molecular formula is C15H14BrN3O2. The van der Waals surface area contributed by atoms with Crippen molar-refractivity contribution in [3.63, 3.8) is 0 Å². The number of hydrogen-bond acceptors (Lipinski definition) is 4. The molecule has 1 aromatic carbocycles. The Kier molecular flexibility index (Phi) is 3.20. The maximum Gasteiger partial charge on any atom is 0.261 e. The first kappa shape index (κ1) is 14.0. The van der Waals surface area contributed by atoms with Gasteiger partial charge in [-0.3, -0.25) is 9.36 Å². The third-order valence-corrected chi connectivity index (χ3v) is 4.00. The monoisotopic (exact) mass is 347 g/mol. The van der Waals surface area contributed by atoms with Crippen molar-refractivity contribution in [2.45, 2.75) is 20.8 Å². The lowest BCUT2D eigenvalue weighted by molar-refractivity contribution is 0.494. The highest BCUT2D eigenvalue weighted by atomic mass is 79.9. The first-order chi connectivity index (χ1) is 9.88. The standard InChI is InChI=1S/C15H14BrN3O2/c1-7-5-10-13(11(16)6-7)18-14(19(4)15(10)20)12-8(2)21-9(3)17-12/h5-6H,1-4H3. The van der Waals surface area contributed by atoms with E-state index in [1.807, 2.05) is 26.0 Å². The highest BCUT2D eigenvalue weighted by Crippen LogP contribution is 2.26. The molecule has 0 aliphatic heterocycles. The van der Waals surface area contributed by atoms with E-state index in [0.717, 1.165) is 10.0 Å². The topological polar surface area (TPSA) is 60.9 Å². The molecule has 0 N–H and O–H groups in total. The molecule has 0 saturated heterocycles. The van der Waals surface area contributed by atoms with E-state index >= 15 is 0 Å². The zero-order valence-electron chi connectivity index (χ0n) is 12.2. The van der Waals surface area contributed by atoms with Crippen LogP contribution in [0, 0.1) is 20.8 Å². The fourth-order valence-corrected chi connectivity index (χ4v) is 3.08. The van der Waals surface area contributed by atoms with E-state index in [2.05, 4.69) is 25.9 Å². The van der Waals surface area contributed by atoms with Gasteiger partial charge in [0.05, 0.1) is 10.9 Å². The van der Waals surface area contributed by atoms with Gasteiger partial charge in [-0.25, -0.2) is 9.97 Å². The first-order valence-corrected chi connectivity index (χ1v) is 7.29. The molecule has 0 atom stereocenters. The van der Waals surface area contributed by atoms with E-state index in [4.69, 9.17) is 4.42 Å². The Morgan fingerprint density at radius 3 is 2.52 bits per heavy atom. The quantitative estimate of drug-likeness (QED) is 0.677. The second-order valence-electron chi connectivity index (χ2n) is 5.08. The van der Waals surface area contributed by atoms with E-state index in [-0.39, 0.29) is 5.56 Å². The van der Waals surface area contributed by atoms with Gasteiger partial charge in [0.25, 0.3) is 5.56 Å². The van der Waals surface area contributed by atoms with Crippen LogP contribution < -0.4 is 5.56 Å². The predicted octanol–water partition coefficient (Wildman–Crippen LogP) is 3.28. The van der Waals surface area contributed by atoms with Crippen molar-refractivity contribution in [3.8, 4) is 11.5 Å². The Morgan fingerprint density at radius 1 is 1.19 bits per heavy atom. The molecule has 6 heteroatoms. The van der Waals surface area contributed by atoms with Crippen LogP contribution in [0.5, 0.6) is 0 Å². The average Bonchev–Trinajstić information content (AvgIpc) is 2.73. The number of halogens is 1. The minimum atomic E-state index is -0.0977. The van der Waals surface area contributed by atoms with Crippen molar-refractivity contribution in [2.75, 3.05) is 0 Å². The number of nitrogens with zero attached hydrogens (tertiary/aromatic N) is 3. The van der Waals surface area contributed by atoms with Gasteiger partial charge in [0.15, 0.2) is 11.7 Å². The summed E-state index contributed by atoms with van der Waals surface area (Å²) in [6.07, 6.45) is 0. The Labute approximate surface area is 129 Å². The summed E-state index contributed by atoms with van der Waals surface area (Å²) >= 11 is 3.48. The molecule has 0 spiro atoms. The van der Waals surface area contributed by atoms with E-state index < -0.39 is 0 Å². The van der Waals surface area contributed by atoms with Crippen LogP contribution in [0.1, 0.15) is 17.2 Å². The molecule has 2 aromatic heterocycles. The molecule has 3 rings (SSSR count). The molecule has 0 saturated carbocycles. The number of aromatic nitrogens is 3. The summed E-state index contributed by atoms with van der Waals surface area (Å²) in [5.74, 6) is 1.71. The maximum atomic E-state index is 12.6. The summed E-state index contributed by atoms with van der Waals surface area (Å²) in [7, 11) is 1.70. The molecule has 5 nitrogen and oxygen atoms in total. The summed E-state index contributed by atoms with van der Waals surface area (Å²) in [5.41, 5.74) is 2.15. The number of oxazole rings is 1. The van der Waals surface area contributed by atoms with E-state index in [0.29, 0.717) is 34.1 Å². The van der Waals surface area contributed by atoms with Crippen LogP contribution in [0.4, 0.5) is 0 Å². The maximum absolute atomic E-state index is 12.6. The Bertz CT molecular complexity index is 925. The third-order valence-electron chi connectivity index (χ3n) is 3.39. The summed E-state index contributed by atoms with van der Waals surface area (Å²) in [4.78, 5) is 21.5. The van der Waals surface area contributed by atoms with Gasteiger partial charge in [-0.1, -0.05) is 0 Å². The van der Waals surface area contributed by atoms with Crippen molar-refractivity contribution < 1.29 is 4.42 Å². The second-order valence-corrected chi connectivity index (χ2v) is 5.93. The highest BCUT2D eigenvalue weighted by Gasteiger charge is 2.17. The average molecular weight is 348 g/mol. The smallest absolute Gasteiger partial charge is 0.261 e. The molecule has 0 bridgehead atoms. The summed E-state index contributed by atoms with van der Waals surface area (Å²) < 4.78 is 7.76. The van der Waals surface area contributed by atoms with Crippen LogP contribution in [-0.4, -0.2) is 14.5 Å². The molecule has 0 fully saturated rings. The minimum Gasteiger partial charge on any atom is -0.446 e. The number of rotatable bonds is 1. The number of aryl methyl sites for hydroxylation is 3. The van der Waals surface area contributed by atoms with Gasteiger partial charge in [-0.2, -0.15) is 0 Å². The molecule has 3 aromatic rings. The molecule has 2 heterocycles. The lowest BCUT2D eigenvalue weighted by atomic mass is 10.1. The lowest BCUT2D eigenvalue weighted by Crippen LogP contribution is -2.21. The van der Waals surface area contributed by atoms with Crippen molar-refractivity contribution >= 4 is 26.8 Å². The summed E-state index contributed by atoms with van der Waals surface area (Å²) in [5, 5.41) is 0.589. The lowest BCUT2D eigenvalue weighted by Gasteiger charge is -2.09. The zero-order chi connectivity index (χ0) is 15.3. The van der Waals surface area contributed by atoms with Crippen molar-refractivity contribution in [1.29, 1.82) is 0 Å². The number of hydrogen-bond donors (Lipinski definition) is 0. The van der Waals surface area contributed by atoms with Gasteiger partial charge < -0.3 is 4.42 Å². The van der Waals surface area contributed by atoms with E-state index in [1.54, 1.807) is 14.0 Å². The third kappa shape index (κ3) is 2.19. The van der Waals surface area contributed by atoms with E-state index in [1.165, 1.54) is 4.57 Å². The summed E-state index contributed by atoms with van der Waals surface area (Å²) in [6, 6.07) is 3.79. The van der Waals surface area contributed by atoms with Crippen LogP contribution >= 0.6 is 15.9 Å². The van der Waals surface area contributed by atoms with Crippen LogP contribution in [0.25, 0.3) is 22.4 Å². The Morgan fingerprint density at radius 2 is 1.90 bits per heavy atom. The SMILES string of the molecule is Cc1cc(Br)c2nc(-c3nc(C)oc3C)n(C)c(=O)c2c1. The van der Waals surface area contributed by atoms with Gasteiger partial charge in [-0.05, 0) is 47.5 Å². The van der Waals surface area contributed by atoms with Gasteiger partial charge in [0.1, 0.15) is 11.5 Å². The van der Waals surface area contributed by atoms with Crippen molar-refractivity contribution in [2.24, 2.45) is 7.05 Å². The fourth-order valence-electron chi connectivity index (χ4n) is 2.42. The van der Waals surface area contributed by atoms with Crippen LogP contribution in [0.3, 0.4) is 0 Å². The number of fused-ring (bicyclic) bond motifs is 1. The van der Waals surface area contributed by atoms with Gasteiger partial charge in [-0.15, -0.1) is 0 Å². The summed E-state index contributed by atoms with van der Waals surface area (Å²) in [6.45, 7) is 5.54. The van der Waals surface area contributed by atoms with Crippen LogP contribution in [-0.2, 0) is 7.05 Å². The van der Waals surface area contributed by atoms with Crippen LogP contribution in [0.2, 0.25) is 0 Å². The fraction of sp³-hybridized carbons (Fsp3) is 0.267. The molecule has 21 heavy (non-hydrogen) atoms. The van der Waals surface area contributed by atoms with Crippen LogP contribution in [0.15, 0.2) is 25.8 Å². The minimum absolute atomic E-state index is 0.0977. The second kappa shape index (κ2) is 4.80. The molecule has 0 radical (unpaired) electrons. The highest BCUT2D eigenvalue weighted by molar-refractivity contribution is 9.10. The van der Waals surface area contributed by atoms with Gasteiger partial charge >= 0.3 is 0 Å². The number of benzene rings is 1. The molecule has 0 unspecified atom stereocenters. The van der Waals surface area contributed by atoms with Gasteiger partial charge in [0.2, 0.25) is 0 Å². The predicted molar refractivity (Wildman–Crippen MR) is 84.4 cm³/mol. The molecule has 0 aliphatic carbocycles. The molecule has 0 amide bonds. The zero-order valence-corrected chi connectivity index (χ0v) is 13.8. The first-order valence-electron chi connectivity index (χ1n) is 6.49. The van der Waals surface area contributed by atoms with Crippen molar-refractivity contribution in [3.05, 3.63) is 44.2 Å². The molecule has 108 valence electrons. The Balaban J connectivity index is 2.43. The van der Waals surface area contributed by atoms with Crippen molar-refractivity contribution in [1.82, 2.24) is 14.5 Å².